The number of likely N-dealkylation sites (N-methyl/N-ethyl adjacent to an activating group) is 1. The van der Waals surface area contributed by atoms with Crippen molar-refractivity contribution in [2.24, 2.45) is 5.92 Å². The molecule has 0 saturated carbocycles. The number of piperidine rings is 1. The van der Waals surface area contributed by atoms with Gasteiger partial charge in [0.15, 0.2) is 0 Å². The molecule has 2 amide bonds. The van der Waals surface area contributed by atoms with Crippen molar-refractivity contribution < 1.29 is 9.59 Å². The number of amides is 2. The molecule has 1 N–H and O–H groups in total. The summed E-state index contributed by atoms with van der Waals surface area (Å²) >= 11 is 0. The van der Waals surface area contributed by atoms with E-state index < -0.39 is 0 Å². The predicted molar refractivity (Wildman–Crippen MR) is 68.1 cm³/mol. The van der Waals surface area contributed by atoms with Crippen LogP contribution in [0.3, 0.4) is 0 Å². The molecular weight excluding hydrogens is 244 g/mol. The summed E-state index contributed by atoms with van der Waals surface area (Å²) in [7, 11) is 2.09. The van der Waals surface area contributed by atoms with E-state index in [1.165, 1.54) is 5.69 Å². The Balaban J connectivity index is 1.75. The molecule has 1 atom stereocenters. The minimum absolute atomic E-state index is 0.0983. The molecule has 3 heterocycles. The van der Waals surface area contributed by atoms with Crippen molar-refractivity contribution in [2.45, 2.75) is 32.4 Å². The van der Waals surface area contributed by atoms with E-state index in [2.05, 4.69) is 22.4 Å². The molecule has 1 unspecified atom stereocenters. The van der Waals surface area contributed by atoms with Crippen molar-refractivity contribution in [1.82, 2.24) is 20.0 Å². The molecular formula is C13H18N4O2. The molecule has 0 spiro atoms. The Morgan fingerprint density at radius 1 is 1.42 bits per heavy atom. The van der Waals surface area contributed by atoms with Gasteiger partial charge in [0.1, 0.15) is 0 Å². The van der Waals surface area contributed by atoms with E-state index in [4.69, 9.17) is 0 Å². The number of aromatic nitrogens is 2. The third-order valence-electron chi connectivity index (χ3n) is 3.97. The fraction of sp³-hybridized carbons (Fsp3) is 0.615. The van der Waals surface area contributed by atoms with Crippen LogP contribution >= 0.6 is 0 Å². The van der Waals surface area contributed by atoms with Gasteiger partial charge >= 0.3 is 0 Å². The zero-order chi connectivity index (χ0) is 13.4. The molecule has 0 aliphatic carbocycles. The van der Waals surface area contributed by atoms with Gasteiger partial charge in [-0.15, -0.1) is 0 Å². The number of fused-ring (bicyclic) bond motifs is 1. The van der Waals surface area contributed by atoms with E-state index in [0.717, 1.165) is 25.2 Å². The van der Waals surface area contributed by atoms with Crippen LogP contribution in [-0.4, -0.2) is 40.1 Å². The lowest BCUT2D eigenvalue weighted by Gasteiger charge is -2.25. The van der Waals surface area contributed by atoms with Crippen LogP contribution in [0.4, 0.5) is 0 Å². The van der Waals surface area contributed by atoms with Crippen LogP contribution in [0.25, 0.3) is 0 Å². The van der Waals surface area contributed by atoms with Crippen molar-refractivity contribution in [3.8, 4) is 0 Å². The zero-order valence-corrected chi connectivity index (χ0v) is 11.1. The summed E-state index contributed by atoms with van der Waals surface area (Å²) in [5.41, 5.74) is 2.35. The summed E-state index contributed by atoms with van der Waals surface area (Å²) in [5, 5.41) is 6.80. The summed E-state index contributed by atoms with van der Waals surface area (Å²) in [6, 6.07) is 0. The van der Waals surface area contributed by atoms with Crippen molar-refractivity contribution in [1.29, 1.82) is 0 Å². The molecule has 2 aliphatic heterocycles. The van der Waals surface area contributed by atoms with Crippen LogP contribution in [0.15, 0.2) is 6.20 Å². The van der Waals surface area contributed by atoms with Gasteiger partial charge in [-0.1, -0.05) is 0 Å². The van der Waals surface area contributed by atoms with Gasteiger partial charge in [-0.05, 0) is 25.5 Å². The van der Waals surface area contributed by atoms with Crippen LogP contribution in [-0.2, 0) is 29.1 Å². The summed E-state index contributed by atoms with van der Waals surface area (Å²) in [6.07, 6.45) is 3.64. The Morgan fingerprint density at radius 3 is 3.05 bits per heavy atom. The van der Waals surface area contributed by atoms with Crippen LogP contribution in [0, 0.1) is 5.92 Å². The molecule has 0 bridgehead atoms. The summed E-state index contributed by atoms with van der Waals surface area (Å²) in [5.74, 6) is -0.391. The lowest BCUT2D eigenvalue weighted by atomic mass is 9.91. The topological polar surface area (TPSA) is 67.2 Å². The summed E-state index contributed by atoms with van der Waals surface area (Å²) in [4.78, 5) is 25.2. The van der Waals surface area contributed by atoms with Crippen molar-refractivity contribution in [3.05, 3.63) is 17.5 Å². The van der Waals surface area contributed by atoms with Crippen LogP contribution in [0.2, 0.25) is 0 Å². The molecule has 3 rings (SSSR count). The SMILES string of the molecule is CN1CCn2ncc(CC3CCC(=O)NC3=O)c2C1. The van der Waals surface area contributed by atoms with Crippen molar-refractivity contribution in [3.63, 3.8) is 0 Å². The highest BCUT2D eigenvalue weighted by Crippen LogP contribution is 2.22. The highest BCUT2D eigenvalue weighted by Gasteiger charge is 2.28. The van der Waals surface area contributed by atoms with E-state index in [1.807, 2.05) is 10.9 Å². The monoisotopic (exact) mass is 262 g/mol. The number of nitrogens with zero attached hydrogens (tertiary/aromatic N) is 3. The number of carbonyl (C=O) groups excluding carboxylic acids is 2. The molecule has 0 aromatic carbocycles. The third kappa shape index (κ3) is 2.40. The number of hydrogen-bond acceptors (Lipinski definition) is 4. The molecule has 1 aromatic rings. The normalized spacial score (nSPS) is 24.2. The smallest absolute Gasteiger partial charge is 0.230 e. The fourth-order valence-electron chi connectivity index (χ4n) is 2.79. The second-order valence-electron chi connectivity index (χ2n) is 5.43. The Bertz CT molecular complexity index is 523. The Kier molecular flexibility index (Phi) is 3.10. The second-order valence-corrected chi connectivity index (χ2v) is 5.43. The largest absolute Gasteiger partial charge is 0.299 e. The third-order valence-corrected chi connectivity index (χ3v) is 3.97. The van der Waals surface area contributed by atoms with Gasteiger partial charge in [0.2, 0.25) is 11.8 Å². The number of rotatable bonds is 2. The van der Waals surface area contributed by atoms with E-state index in [9.17, 15) is 9.59 Å². The van der Waals surface area contributed by atoms with E-state index in [1.54, 1.807) is 0 Å². The average molecular weight is 262 g/mol. The van der Waals surface area contributed by atoms with Gasteiger partial charge in [0.05, 0.1) is 18.4 Å². The molecule has 2 aliphatic rings. The zero-order valence-electron chi connectivity index (χ0n) is 11.1. The first-order valence-corrected chi connectivity index (χ1v) is 6.69. The quantitative estimate of drug-likeness (QED) is 0.757. The number of hydrogen-bond donors (Lipinski definition) is 1. The van der Waals surface area contributed by atoms with Crippen LogP contribution in [0.1, 0.15) is 24.1 Å². The summed E-state index contributed by atoms with van der Waals surface area (Å²) < 4.78 is 2.03. The van der Waals surface area contributed by atoms with Gasteiger partial charge in [0.25, 0.3) is 0 Å². The maximum Gasteiger partial charge on any atom is 0.230 e. The van der Waals surface area contributed by atoms with Gasteiger partial charge in [0, 0.05) is 25.4 Å². The first kappa shape index (κ1) is 12.3. The van der Waals surface area contributed by atoms with Crippen molar-refractivity contribution in [2.75, 3.05) is 13.6 Å². The number of imide groups is 1. The Hall–Kier alpha value is -1.69. The highest BCUT2D eigenvalue weighted by atomic mass is 16.2. The first-order valence-electron chi connectivity index (χ1n) is 6.69. The van der Waals surface area contributed by atoms with E-state index >= 15 is 0 Å². The van der Waals surface area contributed by atoms with Gasteiger partial charge in [-0.25, -0.2) is 0 Å². The standard InChI is InChI=1S/C13H18N4O2/c1-16-4-5-17-11(8-16)10(7-14-17)6-9-2-3-12(18)15-13(9)19/h7,9H,2-6,8H2,1H3,(H,15,18,19). The molecule has 0 radical (unpaired) electrons. The fourth-order valence-corrected chi connectivity index (χ4v) is 2.79. The first-order chi connectivity index (χ1) is 9.13. The van der Waals surface area contributed by atoms with Gasteiger partial charge in [-0.3, -0.25) is 24.5 Å². The Morgan fingerprint density at radius 2 is 2.26 bits per heavy atom. The molecule has 6 heteroatoms. The lowest BCUT2D eigenvalue weighted by Crippen LogP contribution is -2.41. The summed E-state index contributed by atoms with van der Waals surface area (Å²) in [6.45, 7) is 2.79. The molecule has 6 nitrogen and oxygen atoms in total. The molecule has 1 aromatic heterocycles. The molecule has 102 valence electrons. The Labute approximate surface area is 111 Å². The minimum atomic E-state index is -0.155. The maximum absolute atomic E-state index is 11.8. The number of carbonyl (C=O) groups is 2. The molecule has 1 fully saturated rings. The average Bonchev–Trinajstić information content (AvgIpc) is 2.75. The predicted octanol–water partition coefficient (Wildman–Crippen LogP) is -0.0762. The second kappa shape index (κ2) is 4.77. The van der Waals surface area contributed by atoms with Crippen molar-refractivity contribution >= 4 is 11.8 Å². The maximum atomic E-state index is 11.8. The van der Waals surface area contributed by atoms with E-state index in [0.29, 0.717) is 19.3 Å². The lowest BCUT2D eigenvalue weighted by molar-refractivity contribution is -0.136. The molecule has 19 heavy (non-hydrogen) atoms. The highest BCUT2D eigenvalue weighted by molar-refractivity contribution is 5.98. The minimum Gasteiger partial charge on any atom is -0.299 e. The van der Waals surface area contributed by atoms with Crippen LogP contribution < -0.4 is 5.32 Å². The van der Waals surface area contributed by atoms with E-state index in [-0.39, 0.29) is 17.7 Å². The van der Waals surface area contributed by atoms with Gasteiger partial charge < -0.3 is 0 Å². The van der Waals surface area contributed by atoms with Gasteiger partial charge in [-0.2, -0.15) is 5.10 Å². The number of nitrogens with one attached hydrogen (secondary N) is 1. The van der Waals surface area contributed by atoms with Crippen LogP contribution in [0.5, 0.6) is 0 Å². The molecule has 1 saturated heterocycles.